The number of halogens is 1. The Hall–Kier alpha value is -0.900. The van der Waals surface area contributed by atoms with Crippen LogP contribution in [0.1, 0.15) is 38.5 Å². The molecule has 1 N–H and O–H groups in total. The van der Waals surface area contributed by atoms with Crippen LogP contribution in [0.3, 0.4) is 0 Å². The number of hydrogen-bond donors (Lipinski definition) is 1. The Morgan fingerprint density at radius 1 is 1.05 bits per heavy atom. The van der Waals surface area contributed by atoms with Gasteiger partial charge in [-0.15, -0.1) is 0 Å². The lowest BCUT2D eigenvalue weighted by Crippen LogP contribution is -2.16. The summed E-state index contributed by atoms with van der Waals surface area (Å²) < 4.78 is 12.3. The minimum atomic E-state index is 0.633. The number of benzene rings is 1. The molecular formula is C16H22BrNO2. The third-order valence-corrected chi connectivity index (χ3v) is 4.88. The first-order valence-corrected chi connectivity index (χ1v) is 8.45. The highest BCUT2D eigenvalue weighted by molar-refractivity contribution is 9.10. The van der Waals surface area contributed by atoms with Crippen LogP contribution in [0, 0.1) is 5.92 Å². The summed E-state index contributed by atoms with van der Waals surface area (Å²) in [6.45, 7) is 2.30. The van der Waals surface area contributed by atoms with Gasteiger partial charge < -0.3 is 14.8 Å². The maximum atomic E-state index is 5.63. The Morgan fingerprint density at radius 2 is 1.75 bits per heavy atom. The topological polar surface area (TPSA) is 30.5 Å². The first kappa shape index (κ1) is 14.1. The monoisotopic (exact) mass is 339 g/mol. The van der Waals surface area contributed by atoms with E-state index in [1.165, 1.54) is 38.5 Å². The molecule has 2 aliphatic rings. The summed E-state index contributed by atoms with van der Waals surface area (Å²) in [5, 5.41) is 3.53. The molecule has 1 heterocycles. The van der Waals surface area contributed by atoms with Gasteiger partial charge in [0.25, 0.3) is 0 Å². The van der Waals surface area contributed by atoms with Crippen LogP contribution in [-0.2, 0) is 0 Å². The van der Waals surface area contributed by atoms with Gasteiger partial charge >= 0.3 is 0 Å². The van der Waals surface area contributed by atoms with E-state index in [4.69, 9.17) is 9.47 Å². The van der Waals surface area contributed by atoms with Gasteiger partial charge in [-0.3, -0.25) is 0 Å². The minimum absolute atomic E-state index is 0.633. The fourth-order valence-corrected chi connectivity index (χ4v) is 3.55. The Labute approximate surface area is 129 Å². The van der Waals surface area contributed by atoms with E-state index in [9.17, 15) is 0 Å². The van der Waals surface area contributed by atoms with Gasteiger partial charge in [0.1, 0.15) is 13.2 Å². The van der Waals surface area contributed by atoms with E-state index in [1.54, 1.807) is 0 Å². The molecule has 0 amide bonds. The standard InChI is InChI=1S/C16H22BrNO2/c17-13-10-15-16(20-9-8-19-15)11-14(13)18-7-6-12-4-2-1-3-5-12/h10-12,18H,1-9H2. The molecule has 0 atom stereocenters. The summed E-state index contributed by atoms with van der Waals surface area (Å²) in [7, 11) is 0. The van der Waals surface area contributed by atoms with E-state index >= 15 is 0 Å². The van der Waals surface area contributed by atoms with Gasteiger partial charge in [0.15, 0.2) is 11.5 Å². The summed E-state index contributed by atoms with van der Waals surface area (Å²) in [6, 6.07) is 4.04. The molecule has 0 saturated heterocycles. The van der Waals surface area contributed by atoms with Gasteiger partial charge in [-0.2, -0.15) is 0 Å². The van der Waals surface area contributed by atoms with Crippen LogP contribution in [0.15, 0.2) is 16.6 Å². The molecule has 1 aliphatic carbocycles. The van der Waals surface area contributed by atoms with Crippen molar-refractivity contribution in [1.29, 1.82) is 0 Å². The number of rotatable bonds is 4. The van der Waals surface area contributed by atoms with Gasteiger partial charge in [0.2, 0.25) is 0 Å². The van der Waals surface area contributed by atoms with E-state index in [0.717, 1.165) is 34.1 Å². The second-order valence-corrected chi connectivity index (χ2v) is 6.55. The summed E-state index contributed by atoms with van der Waals surface area (Å²) in [5.74, 6) is 2.59. The zero-order chi connectivity index (χ0) is 13.8. The molecule has 1 fully saturated rings. The van der Waals surface area contributed by atoms with Crippen molar-refractivity contribution in [2.24, 2.45) is 5.92 Å². The molecule has 4 heteroatoms. The van der Waals surface area contributed by atoms with Crippen LogP contribution in [0.5, 0.6) is 11.5 Å². The van der Waals surface area contributed by atoms with Gasteiger partial charge in [-0.05, 0) is 28.3 Å². The zero-order valence-corrected chi connectivity index (χ0v) is 13.4. The maximum absolute atomic E-state index is 5.63. The van der Waals surface area contributed by atoms with Crippen LogP contribution < -0.4 is 14.8 Å². The van der Waals surface area contributed by atoms with Crippen molar-refractivity contribution in [1.82, 2.24) is 0 Å². The van der Waals surface area contributed by atoms with E-state index < -0.39 is 0 Å². The van der Waals surface area contributed by atoms with Crippen molar-refractivity contribution < 1.29 is 9.47 Å². The molecule has 1 aromatic rings. The molecule has 1 aromatic carbocycles. The largest absolute Gasteiger partial charge is 0.486 e. The maximum Gasteiger partial charge on any atom is 0.163 e. The molecule has 110 valence electrons. The molecule has 1 saturated carbocycles. The van der Waals surface area contributed by atoms with E-state index in [-0.39, 0.29) is 0 Å². The minimum Gasteiger partial charge on any atom is -0.486 e. The van der Waals surface area contributed by atoms with Crippen LogP contribution in [0.25, 0.3) is 0 Å². The van der Waals surface area contributed by atoms with E-state index in [0.29, 0.717) is 13.2 Å². The van der Waals surface area contributed by atoms with Crippen molar-refractivity contribution in [3.8, 4) is 11.5 Å². The fourth-order valence-electron chi connectivity index (χ4n) is 3.09. The fraction of sp³-hybridized carbons (Fsp3) is 0.625. The van der Waals surface area contributed by atoms with Gasteiger partial charge in [-0.1, -0.05) is 32.1 Å². The SMILES string of the molecule is Brc1cc2c(cc1NCCC1CCCCC1)OCCO2. The molecule has 0 aromatic heterocycles. The molecule has 1 aliphatic heterocycles. The number of fused-ring (bicyclic) bond motifs is 1. The summed E-state index contributed by atoms with van der Waals surface area (Å²) >= 11 is 3.60. The average molecular weight is 340 g/mol. The Bertz CT molecular complexity index is 458. The highest BCUT2D eigenvalue weighted by Crippen LogP contribution is 2.38. The van der Waals surface area contributed by atoms with Crippen LogP contribution in [0.2, 0.25) is 0 Å². The highest BCUT2D eigenvalue weighted by Gasteiger charge is 2.16. The number of hydrogen-bond acceptors (Lipinski definition) is 3. The smallest absolute Gasteiger partial charge is 0.163 e. The predicted octanol–water partition coefficient (Wildman–Crippen LogP) is 4.60. The predicted molar refractivity (Wildman–Crippen MR) is 84.8 cm³/mol. The molecule has 0 unspecified atom stereocenters. The summed E-state index contributed by atoms with van der Waals surface area (Å²) in [4.78, 5) is 0. The quantitative estimate of drug-likeness (QED) is 0.869. The zero-order valence-electron chi connectivity index (χ0n) is 11.8. The molecule has 0 bridgehead atoms. The lowest BCUT2D eigenvalue weighted by Gasteiger charge is -2.23. The Balaban J connectivity index is 1.56. The van der Waals surface area contributed by atoms with Crippen molar-refractivity contribution in [3.05, 3.63) is 16.6 Å². The second-order valence-electron chi connectivity index (χ2n) is 5.70. The third-order valence-electron chi connectivity index (χ3n) is 4.22. The molecule has 0 spiro atoms. The van der Waals surface area contributed by atoms with E-state index in [2.05, 4.69) is 21.2 Å². The van der Waals surface area contributed by atoms with Crippen molar-refractivity contribution >= 4 is 21.6 Å². The van der Waals surface area contributed by atoms with Gasteiger partial charge in [0.05, 0.1) is 5.69 Å². The first-order chi connectivity index (χ1) is 9.83. The van der Waals surface area contributed by atoms with Crippen molar-refractivity contribution in [2.75, 3.05) is 25.1 Å². The molecule has 3 nitrogen and oxygen atoms in total. The first-order valence-electron chi connectivity index (χ1n) is 7.66. The van der Waals surface area contributed by atoms with Crippen LogP contribution >= 0.6 is 15.9 Å². The van der Waals surface area contributed by atoms with Crippen LogP contribution in [-0.4, -0.2) is 19.8 Å². The Morgan fingerprint density at radius 3 is 2.50 bits per heavy atom. The number of ether oxygens (including phenoxy) is 2. The van der Waals surface area contributed by atoms with Crippen molar-refractivity contribution in [2.45, 2.75) is 38.5 Å². The van der Waals surface area contributed by atoms with Crippen molar-refractivity contribution in [3.63, 3.8) is 0 Å². The normalized spacial score (nSPS) is 18.9. The lowest BCUT2D eigenvalue weighted by atomic mass is 9.87. The average Bonchev–Trinajstić information content (AvgIpc) is 2.49. The summed E-state index contributed by atoms with van der Waals surface area (Å²) in [6.07, 6.45) is 8.34. The van der Waals surface area contributed by atoms with Crippen LogP contribution in [0.4, 0.5) is 5.69 Å². The number of nitrogens with one attached hydrogen (secondary N) is 1. The summed E-state index contributed by atoms with van der Waals surface area (Å²) in [5.41, 5.74) is 1.10. The molecule has 20 heavy (non-hydrogen) atoms. The third kappa shape index (κ3) is 3.40. The van der Waals surface area contributed by atoms with Gasteiger partial charge in [0, 0.05) is 23.2 Å². The molecular weight excluding hydrogens is 318 g/mol. The molecule has 0 radical (unpaired) electrons. The highest BCUT2D eigenvalue weighted by atomic mass is 79.9. The second kappa shape index (κ2) is 6.70. The lowest BCUT2D eigenvalue weighted by molar-refractivity contribution is 0.171. The van der Waals surface area contributed by atoms with E-state index in [1.807, 2.05) is 12.1 Å². The Kier molecular flexibility index (Phi) is 4.71. The number of anilines is 1. The van der Waals surface area contributed by atoms with Gasteiger partial charge in [-0.25, -0.2) is 0 Å². The molecule has 3 rings (SSSR count).